The summed E-state index contributed by atoms with van der Waals surface area (Å²) in [5.74, 6) is -1.26. The van der Waals surface area contributed by atoms with E-state index in [1.165, 1.54) is 56.1 Å². The number of carbonyl (C=O) groups is 1. The SMILES string of the molecule is CCCCCCC1(c2ccccc2CCCCC)C=CC(C(=O)O)C=C1. The quantitative estimate of drug-likeness (QED) is 0.366. The van der Waals surface area contributed by atoms with Gasteiger partial charge in [0.15, 0.2) is 0 Å². The predicted molar refractivity (Wildman–Crippen MR) is 110 cm³/mol. The van der Waals surface area contributed by atoms with E-state index in [4.69, 9.17) is 0 Å². The van der Waals surface area contributed by atoms with Gasteiger partial charge in [0.25, 0.3) is 0 Å². The van der Waals surface area contributed by atoms with Crippen LogP contribution in [0.4, 0.5) is 0 Å². The lowest BCUT2D eigenvalue weighted by atomic mass is 9.70. The molecule has 1 aliphatic rings. The lowest BCUT2D eigenvalue weighted by Gasteiger charge is -2.33. The summed E-state index contributed by atoms with van der Waals surface area (Å²) in [6.45, 7) is 4.47. The lowest BCUT2D eigenvalue weighted by molar-refractivity contribution is -0.138. The molecule has 2 nitrogen and oxygen atoms in total. The monoisotopic (exact) mass is 354 g/mol. The Hall–Kier alpha value is -1.83. The number of unbranched alkanes of at least 4 members (excludes halogenated alkanes) is 5. The van der Waals surface area contributed by atoms with Gasteiger partial charge in [0, 0.05) is 5.41 Å². The van der Waals surface area contributed by atoms with E-state index in [2.05, 4.69) is 50.3 Å². The van der Waals surface area contributed by atoms with Gasteiger partial charge in [-0.1, -0.05) is 101 Å². The molecule has 0 radical (unpaired) electrons. The van der Waals surface area contributed by atoms with Crippen molar-refractivity contribution in [3.05, 3.63) is 59.7 Å². The maximum Gasteiger partial charge on any atom is 0.314 e. The summed E-state index contributed by atoms with van der Waals surface area (Å²) < 4.78 is 0. The normalized spacial score (nSPS) is 21.8. The number of carboxylic acids is 1. The molecular formula is C24H34O2. The minimum atomic E-state index is -0.770. The molecule has 0 aliphatic heterocycles. The fourth-order valence-electron chi connectivity index (χ4n) is 3.92. The lowest BCUT2D eigenvalue weighted by Crippen LogP contribution is -2.27. The first-order valence-electron chi connectivity index (χ1n) is 10.3. The van der Waals surface area contributed by atoms with Crippen LogP contribution in [0.15, 0.2) is 48.6 Å². The van der Waals surface area contributed by atoms with Crippen molar-refractivity contribution in [1.82, 2.24) is 0 Å². The van der Waals surface area contributed by atoms with Gasteiger partial charge in [-0.05, 0) is 30.4 Å². The van der Waals surface area contributed by atoms with Crippen LogP contribution in [-0.4, -0.2) is 11.1 Å². The van der Waals surface area contributed by atoms with Gasteiger partial charge in [0.2, 0.25) is 0 Å². The number of allylic oxidation sites excluding steroid dienone is 2. The van der Waals surface area contributed by atoms with Gasteiger partial charge in [-0.15, -0.1) is 0 Å². The minimum Gasteiger partial charge on any atom is -0.481 e. The Kier molecular flexibility index (Phi) is 8.15. The van der Waals surface area contributed by atoms with Crippen molar-refractivity contribution in [2.24, 2.45) is 5.92 Å². The van der Waals surface area contributed by atoms with Crippen LogP contribution >= 0.6 is 0 Å². The molecule has 0 saturated carbocycles. The number of aryl methyl sites for hydroxylation is 1. The van der Waals surface area contributed by atoms with Crippen molar-refractivity contribution in [3.63, 3.8) is 0 Å². The van der Waals surface area contributed by atoms with E-state index in [-0.39, 0.29) is 5.41 Å². The molecule has 1 aliphatic carbocycles. The molecular weight excluding hydrogens is 320 g/mol. The molecule has 1 aromatic rings. The third-order valence-corrected chi connectivity index (χ3v) is 5.50. The molecule has 0 fully saturated rings. The van der Waals surface area contributed by atoms with Gasteiger partial charge in [-0.2, -0.15) is 0 Å². The largest absolute Gasteiger partial charge is 0.481 e. The Labute approximate surface area is 159 Å². The minimum absolute atomic E-state index is 0.150. The molecule has 1 aromatic carbocycles. The van der Waals surface area contributed by atoms with Crippen molar-refractivity contribution in [2.75, 3.05) is 0 Å². The highest BCUT2D eigenvalue weighted by molar-refractivity contribution is 5.75. The highest BCUT2D eigenvalue weighted by atomic mass is 16.4. The summed E-state index contributed by atoms with van der Waals surface area (Å²) in [7, 11) is 0. The molecule has 142 valence electrons. The molecule has 0 atom stereocenters. The van der Waals surface area contributed by atoms with Crippen LogP contribution in [0.5, 0.6) is 0 Å². The van der Waals surface area contributed by atoms with Gasteiger partial charge in [0.05, 0.1) is 5.92 Å². The Morgan fingerprint density at radius 2 is 1.62 bits per heavy atom. The second kappa shape index (κ2) is 10.4. The summed E-state index contributed by atoms with van der Waals surface area (Å²) in [6.07, 6.45) is 18.8. The van der Waals surface area contributed by atoms with E-state index in [0.29, 0.717) is 0 Å². The van der Waals surface area contributed by atoms with E-state index in [0.717, 1.165) is 12.8 Å². The average Bonchev–Trinajstić information content (AvgIpc) is 2.66. The zero-order valence-electron chi connectivity index (χ0n) is 16.4. The predicted octanol–water partition coefficient (Wildman–Crippen LogP) is 6.45. The Morgan fingerprint density at radius 1 is 0.962 bits per heavy atom. The molecule has 26 heavy (non-hydrogen) atoms. The van der Waals surface area contributed by atoms with Crippen LogP contribution in [0.3, 0.4) is 0 Å². The molecule has 0 saturated heterocycles. The molecule has 0 aromatic heterocycles. The van der Waals surface area contributed by atoms with Crippen molar-refractivity contribution in [1.29, 1.82) is 0 Å². The maximum atomic E-state index is 11.3. The molecule has 2 rings (SSSR count). The highest BCUT2D eigenvalue weighted by Gasteiger charge is 2.31. The average molecular weight is 355 g/mol. The molecule has 2 heteroatoms. The summed E-state index contributed by atoms with van der Waals surface area (Å²) in [6, 6.07) is 8.75. The number of benzene rings is 1. The van der Waals surface area contributed by atoms with Crippen LogP contribution in [0.2, 0.25) is 0 Å². The van der Waals surface area contributed by atoms with Crippen molar-refractivity contribution in [3.8, 4) is 0 Å². The number of hydrogen-bond acceptors (Lipinski definition) is 1. The first-order chi connectivity index (χ1) is 12.6. The number of rotatable bonds is 11. The highest BCUT2D eigenvalue weighted by Crippen LogP contribution is 2.39. The van der Waals surface area contributed by atoms with Crippen LogP contribution < -0.4 is 0 Å². The van der Waals surface area contributed by atoms with Crippen LogP contribution in [0, 0.1) is 5.92 Å². The molecule has 0 amide bonds. The maximum absolute atomic E-state index is 11.3. The third-order valence-electron chi connectivity index (χ3n) is 5.50. The van der Waals surface area contributed by atoms with E-state index in [9.17, 15) is 9.90 Å². The Morgan fingerprint density at radius 3 is 2.27 bits per heavy atom. The molecule has 0 spiro atoms. The number of carboxylic acid groups (broad SMARTS) is 1. The Balaban J connectivity index is 2.28. The van der Waals surface area contributed by atoms with E-state index < -0.39 is 11.9 Å². The summed E-state index contributed by atoms with van der Waals surface area (Å²) in [5.41, 5.74) is 2.63. The van der Waals surface area contributed by atoms with E-state index in [1.54, 1.807) is 0 Å². The summed E-state index contributed by atoms with van der Waals surface area (Å²) in [4.78, 5) is 11.3. The second-order valence-electron chi connectivity index (χ2n) is 7.55. The summed E-state index contributed by atoms with van der Waals surface area (Å²) >= 11 is 0. The van der Waals surface area contributed by atoms with Gasteiger partial charge in [-0.25, -0.2) is 0 Å². The van der Waals surface area contributed by atoms with Crippen LogP contribution in [0.1, 0.15) is 76.3 Å². The van der Waals surface area contributed by atoms with Gasteiger partial charge >= 0.3 is 5.97 Å². The number of aliphatic carboxylic acids is 1. The molecule has 0 heterocycles. The Bertz CT molecular complexity index is 613. The topological polar surface area (TPSA) is 37.3 Å². The van der Waals surface area contributed by atoms with Gasteiger partial charge < -0.3 is 5.11 Å². The zero-order chi connectivity index (χ0) is 18.8. The van der Waals surface area contributed by atoms with Crippen LogP contribution in [0.25, 0.3) is 0 Å². The standard InChI is InChI=1S/C24H34O2/c1-3-5-7-11-17-24(18-15-21(16-19-24)23(25)26)22-14-10-9-13-20(22)12-8-6-4-2/h9-10,13-16,18-19,21H,3-8,11-12,17H2,1-2H3,(H,25,26). The molecule has 0 bridgehead atoms. The third kappa shape index (κ3) is 5.33. The van der Waals surface area contributed by atoms with E-state index >= 15 is 0 Å². The van der Waals surface area contributed by atoms with Crippen molar-refractivity contribution < 1.29 is 9.90 Å². The number of hydrogen-bond donors (Lipinski definition) is 1. The first kappa shape index (κ1) is 20.5. The fourth-order valence-corrected chi connectivity index (χ4v) is 3.92. The van der Waals surface area contributed by atoms with Gasteiger partial charge in [-0.3, -0.25) is 4.79 Å². The first-order valence-corrected chi connectivity index (χ1v) is 10.3. The van der Waals surface area contributed by atoms with E-state index in [1.807, 2.05) is 12.2 Å². The second-order valence-corrected chi connectivity index (χ2v) is 7.55. The smallest absolute Gasteiger partial charge is 0.314 e. The summed E-state index contributed by atoms with van der Waals surface area (Å²) in [5, 5.41) is 9.32. The molecule has 0 unspecified atom stereocenters. The zero-order valence-corrected chi connectivity index (χ0v) is 16.4. The fraction of sp³-hybridized carbons (Fsp3) is 0.542. The van der Waals surface area contributed by atoms with Crippen molar-refractivity contribution >= 4 is 5.97 Å². The van der Waals surface area contributed by atoms with Gasteiger partial charge in [0.1, 0.15) is 0 Å². The molecule has 1 N–H and O–H groups in total. The van der Waals surface area contributed by atoms with Crippen molar-refractivity contribution in [2.45, 2.75) is 77.0 Å². The van der Waals surface area contributed by atoms with Crippen LogP contribution in [-0.2, 0) is 16.6 Å².